The fourth-order valence-corrected chi connectivity index (χ4v) is 2.11. The second kappa shape index (κ2) is 5.58. The molecule has 0 radical (unpaired) electrons. The second-order valence-electron chi connectivity index (χ2n) is 5.16. The molecule has 1 amide bonds. The Bertz CT molecular complexity index is 514. The summed E-state index contributed by atoms with van der Waals surface area (Å²) in [5.74, 6) is 0.245. The van der Waals surface area contributed by atoms with Gasteiger partial charge in [-0.1, -0.05) is 5.16 Å². The number of hydroxylamine groups is 1. The third kappa shape index (κ3) is 2.96. The average Bonchev–Trinajstić information content (AvgIpc) is 3.22. The summed E-state index contributed by atoms with van der Waals surface area (Å²) in [6.07, 6.45) is 5.46. The van der Waals surface area contributed by atoms with Gasteiger partial charge in [0.05, 0.1) is 5.71 Å². The number of rotatable bonds is 5. The van der Waals surface area contributed by atoms with E-state index in [0.29, 0.717) is 12.3 Å². The first-order valence-electron chi connectivity index (χ1n) is 6.82. The number of nitrogens with zero attached hydrogens (tertiary/aromatic N) is 2. The van der Waals surface area contributed by atoms with Gasteiger partial charge in [-0.25, -0.2) is 5.48 Å². The van der Waals surface area contributed by atoms with Crippen molar-refractivity contribution in [3.05, 3.63) is 30.1 Å². The SMILES string of the molecule is C[C@H](ONC(=O)C1CC(C2CC2)=NO1)c1ccncc1. The van der Waals surface area contributed by atoms with E-state index in [1.54, 1.807) is 12.4 Å². The molecule has 1 aliphatic carbocycles. The van der Waals surface area contributed by atoms with Gasteiger partial charge in [-0.05, 0) is 37.5 Å². The van der Waals surface area contributed by atoms with Gasteiger partial charge in [-0.15, -0.1) is 0 Å². The van der Waals surface area contributed by atoms with Gasteiger partial charge in [0.1, 0.15) is 6.10 Å². The van der Waals surface area contributed by atoms with E-state index in [0.717, 1.165) is 24.1 Å². The Morgan fingerprint density at radius 3 is 2.90 bits per heavy atom. The molecule has 2 aliphatic rings. The highest BCUT2D eigenvalue weighted by atomic mass is 16.7. The van der Waals surface area contributed by atoms with E-state index in [1.165, 1.54) is 0 Å². The molecule has 0 aromatic carbocycles. The largest absolute Gasteiger partial charge is 0.382 e. The van der Waals surface area contributed by atoms with E-state index in [-0.39, 0.29) is 12.0 Å². The lowest BCUT2D eigenvalue weighted by atomic mass is 10.1. The molecule has 1 aromatic heterocycles. The number of oxime groups is 1. The fourth-order valence-electron chi connectivity index (χ4n) is 2.11. The van der Waals surface area contributed by atoms with E-state index < -0.39 is 6.10 Å². The molecule has 6 nitrogen and oxygen atoms in total. The summed E-state index contributed by atoms with van der Waals surface area (Å²) in [6, 6.07) is 3.69. The van der Waals surface area contributed by atoms with Crippen LogP contribution in [-0.4, -0.2) is 22.7 Å². The molecule has 0 saturated heterocycles. The molecular weight excluding hydrogens is 258 g/mol. The van der Waals surface area contributed by atoms with E-state index in [4.69, 9.17) is 9.68 Å². The van der Waals surface area contributed by atoms with Gasteiger partial charge in [-0.3, -0.25) is 14.6 Å². The van der Waals surface area contributed by atoms with Gasteiger partial charge in [0.2, 0.25) is 6.10 Å². The van der Waals surface area contributed by atoms with Crippen LogP contribution < -0.4 is 5.48 Å². The van der Waals surface area contributed by atoms with Gasteiger partial charge in [-0.2, -0.15) is 0 Å². The number of hydrogen-bond acceptors (Lipinski definition) is 5. The number of carbonyl (C=O) groups excluding carboxylic acids is 1. The molecule has 1 N–H and O–H groups in total. The van der Waals surface area contributed by atoms with Crippen molar-refractivity contribution < 1.29 is 14.5 Å². The van der Waals surface area contributed by atoms with Crippen molar-refractivity contribution >= 4 is 11.6 Å². The van der Waals surface area contributed by atoms with E-state index >= 15 is 0 Å². The molecule has 1 fully saturated rings. The molecule has 1 aliphatic heterocycles. The Morgan fingerprint density at radius 1 is 1.45 bits per heavy atom. The van der Waals surface area contributed by atoms with Crippen molar-refractivity contribution in [1.29, 1.82) is 0 Å². The minimum absolute atomic E-state index is 0.243. The van der Waals surface area contributed by atoms with Crippen molar-refractivity contribution in [2.75, 3.05) is 0 Å². The maximum atomic E-state index is 11.9. The molecular formula is C14H17N3O3. The van der Waals surface area contributed by atoms with Crippen molar-refractivity contribution in [3.63, 3.8) is 0 Å². The normalized spacial score (nSPS) is 22.9. The summed E-state index contributed by atoms with van der Waals surface area (Å²) in [6.45, 7) is 1.86. The molecule has 2 atom stereocenters. The van der Waals surface area contributed by atoms with Crippen LogP contribution in [0.2, 0.25) is 0 Å². The van der Waals surface area contributed by atoms with Crippen molar-refractivity contribution in [2.24, 2.45) is 11.1 Å². The summed E-state index contributed by atoms with van der Waals surface area (Å²) in [4.78, 5) is 26.4. The van der Waals surface area contributed by atoms with E-state index in [1.807, 2.05) is 19.1 Å². The first-order chi connectivity index (χ1) is 9.74. The third-order valence-electron chi connectivity index (χ3n) is 3.54. The first kappa shape index (κ1) is 13.1. The highest BCUT2D eigenvalue weighted by molar-refractivity contribution is 5.95. The molecule has 1 aromatic rings. The van der Waals surface area contributed by atoms with Gasteiger partial charge in [0.25, 0.3) is 5.91 Å². The van der Waals surface area contributed by atoms with E-state index in [2.05, 4.69) is 15.6 Å². The lowest BCUT2D eigenvalue weighted by molar-refractivity contribution is -0.148. The molecule has 3 rings (SSSR count). The van der Waals surface area contributed by atoms with Crippen molar-refractivity contribution in [3.8, 4) is 0 Å². The molecule has 106 valence electrons. The predicted molar refractivity (Wildman–Crippen MR) is 71.5 cm³/mol. The van der Waals surface area contributed by atoms with Crippen LogP contribution in [0.25, 0.3) is 0 Å². The number of carbonyl (C=O) groups is 1. The van der Waals surface area contributed by atoms with Gasteiger partial charge < -0.3 is 4.84 Å². The topological polar surface area (TPSA) is 72.8 Å². The quantitative estimate of drug-likeness (QED) is 0.831. The van der Waals surface area contributed by atoms with Crippen LogP contribution in [0.4, 0.5) is 0 Å². The monoisotopic (exact) mass is 275 g/mol. The molecule has 6 heteroatoms. The zero-order valence-corrected chi connectivity index (χ0v) is 11.3. The van der Waals surface area contributed by atoms with Crippen LogP contribution in [0.1, 0.15) is 37.9 Å². The number of pyridine rings is 1. The van der Waals surface area contributed by atoms with Crippen LogP contribution in [0.15, 0.2) is 29.7 Å². The lowest BCUT2D eigenvalue weighted by Gasteiger charge is -2.14. The van der Waals surface area contributed by atoms with Crippen molar-refractivity contribution in [1.82, 2.24) is 10.5 Å². The Labute approximate surface area is 117 Å². The Morgan fingerprint density at radius 2 is 2.20 bits per heavy atom. The summed E-state index contributed by atoms with van der Waals surface area (Å²) < 4.78 is 0. The standard InChI is InChI=1S/C14H17N3O3/c1-9(10-4-6-15-7-5-10)19-17-14(18)13-8-12(16-20-13)11-2-3-11/h4-7,9,11,13H,2-3,8H2,1H3,(H,17,18)/t9-,13?/m0/s1. The average molecular weight is 275 g/mol. The zero-order valence-electron chi connectivity index (χ0n) is 11.3. The summed E-state index contributed by atoms with van der Waals surface area (Å²) in [5, 5.41) is 3.98. The van der Waals surface area contributed by atoms with Gasteiger partial charge in [0.15, 0.2) is 0 Å². The summed E-state index contributed by atoms with van der Waals surface area (Å²) in [7, 11) is 0. The highest BCUT2D eigenvalue weighted by Crippen LogP contribution is 2.34. The van der Waals surface area contributed by atoms with Crippen molar-refractivity contribution in [2.45, 2.75) is 38.4 Å². The van der Waals surface area contributed by atoms with Crippen LogP contribution in [-0.2, 0) is 14.5 Å². The molecule has 2 heterocycles. The van der Waals surface area contributed by atoms with Crippen LogP contribution >= 0.6 is 0 Å². The lowest BCUT2D eigenvalue weighted by Crippen LogP contribution is -2.35. The molecule has 0 spiro atoms. The number of hydrogen-bond donors (Lipinski definition) is 1. The molecule has 1 saturated carbocycles. The summed E-state index contributed by atoms with van der Waals surface area (Å²) >= 11 is 0. The minimum atomic E-state index is -0.560. The van der Waals surface area contributed by atoms with Gasteiger partial charge in [0, 0.05) is 24.7 Å². The van der Waals surface area contributed by atoms with Crippen LogP contribution in [0.3, 0.4) is 0 Å². The molecule has 0 bridgehead atoms. The Kier molecular flexibility index (Phi) is 3.64. The Balaban J connectivity index is 1.46. The number of nitrogens with one attached hydrogen (secondary N) is 1. The van der Waals surface area contributed by atoms with E-state index in [9.17, 15) is 4.79 Å². The second-order valence-corrected chi connectivity index (χ2v) is 5.16. The zero-order chi connectivity index (χ0) is 13.9. The molecule has 20 heavy (non-hydrogen) atoms. The molecule has 1 unspecified atom stereocenters. The highest BCUT2D eigenvalue weighted by Gasteiger charge is 2.37. The third-order valence-corrected chi connectivity index (χ3v) is 3.54. The van der Waals surface area contributed by atoms with Gasteiger partial charge >= 0.3 is 0 Å². The van der Waals surface area contributed by atoms with Crippen LogP contribution in [0, 0.1) is 5.92 Å². The minimum Gasteiger partial charge on any atom is -0.382 e. The Hall–Kier alpha value is -1.95. The predicted octanol–water partition coefficient (Wildman–Crippen LogP) is 1.75. The maximum absolute atomic E-state index is 11.9. The smallest absolute Gasteiger partial charge is 0.287 e. The number of amides is 1. The fraction of sp³-hybridized carbons (Fsp3) is 0.500. The maximum Gasteiger partial charge on any atom is 0.287 e. The van der Waals surface area contributed by atoms with Crippen LogP contribution in [0.5, 0.6) is 0 Å². The summed E-state index contributed by atoms with van der Waals surface area (Å²) in [5.41, 5.74) is 4.40. The number of aromatic nitrogens is 1. The first-order valence-corrected chi connectivity index (χ1v) is 6.82.